The molecule has 1 atom stereocenters. The topological polar surface area (TPSA) is 123 Å². The van der Waals surface area contributed by atoms with Crippen molar-refractivity contribution in [1.82, 2.24) is 15.0 Å². The summed E-state index contributed by atoms with van der Waals surface area (Å²) in [6.45, 7) is 8.65. The number of ether oxygens (including phenoxy) is 1. The van der Waals surface area contributed by atoms with Gasteiger partial charge in [0, 0.05) is 12.4 Å². The van der Waals surface area contributed by atoms with Crippen LogP contribution in [0.25, 0.3) is 0 Å². The van der Waals surface area contributed by atoms with Crippen molar-refractivity contribution < 1.29 is 24.2 Å². The number of aryl methyl sites for hydroxylation is 3. The lowest BCUT2D eigenvalue weighted by molar-refractivity contribution is -0.117. The van der Waals surface area contributed by atoms with E-state index in [2.05, 4.69) is 21.5 Å². The van der Waals surface area contributed by atoms with Crippen LogP contribution in [0.1, 0.15) is 47.3 Å². The SMILES string of the molecule is C=CCOC(=O)c1sc(N2C(=O)C(O)=C(C(=O)c3sc(C)nc3C)C2c2ccncc2)nc1C. The fraction of sp³-hybridized carbons (Fsp3) is 0.217. The lowest BCUT2D eigenvalue weighted by atomic mass is 9.96. The average molecular weight is 497 g/mol. The van der Waals surface area contributed by atoms with Crippen LogP contribution in [0.5, 0.6) is 0 Å². The number of anilines is 1. The highest BCUT2D eigenvalue weighted by atomic mass is 32.1. The summed E-state index contributed by atoms with van der Waals surface area (Å²) < 4.78 is 5.11. The lowest BCUT2D eigenvalue weighted by Gasteiger charge is -2.24. The standard InChI is InChI=1S/C23H20N4O5S2/c1-5-10-32-22(31)20-12(3)26-23(34-20)27-16(14-6-8-24-9-7-14)15(18(29)21(27)30)17(28)19-11(2)25-13(4)33-19/h5-9,16,29H,1,10H2,2-4H3. The van der Waals surface area contributed by atoms with Gasteiger partial charge in [-0.15, -0.1) is 11.3 Å². The van der Waals surface area contributed by atoms with Crippen molar-refractivity contribution in [3.63, 3.8) is 0 Å². The second-order valence-corrected chi connectivity index (χ2v) is 9.58. The molecule has 3 aromatic heterocycles. The van der Waals surface area contributed by atoms with Gasteiger partial charge in [-0.3, -0.25) is 19.5 Å². The number of hydrogen-bond donors (Lipinski definition) is 1. The van der Waals surface area contributed by atoms with E-state index in [0.29, 0.717) is 26.8 Å². The fourth-order valence-corrected chi connectivity index (χ4v) is 5.50. The molecule has 0 spiro atoms. The van der Waals surface area contributed by atoms with Gasteiger partial charge in [-0.1, -0.05) is 24.0 Å². The van der Waals surface area contributed by atoms with Crippen molar-refractivity contribution in [2.45, 2.75) is 26.8 Å². The molecule has 9 nitrogen and oxygen atoms in total. The number of rotatable bonds is 7. The third kappa shape index (κ3) is 4.03. The summed E-state index contributed by atoms with van der Waals surface area (Å²) in [5, 5.41) is 11.7. The van der Waals surface area contributed by atoms with Crippen molar-refractivity contribution in [3.05, 3.63) is 80.2 Å². The normalized spacial score (nSPS) is 15.7. The molecule has 1 N–H and O–H groups in total. The molecule has 0 saturated carbocycles. The minimum atomic E-state index is -0.965. The highest BCUT2D eigenvalue weighted by Gasteiger charge is 2.46. The monoisotopic (exact) mass is 496 g/mol. The first-order valence-corrected chi connectivity index (χ1v) is 11.8. The van der Waals surface area contributed by atoms with Gasteiger partial charge in [0.05, 0.1) is 32.9 Å². The number of thiazole rings is 2. The quantitative estimate of drug-likeness (QED) is 0.295. The summed E-state index contributed by atoms with van der Waals surface area (Å²) in [7, 11) is 0. The van der Waals surface area contributed by atoms with E-state index >= 15 is 0 Å². The first kappa shape index (κ1) is 23.5. The molecule has 0 aliphatic carbocycles. The van der Waals surface area contributed by atoms with Crippen LogP contribution in [0.15, 0.2) is 48.5 Å². The second-order valence-electron chi connectivity index (χ2n) is 7.40. The number of amides is 1. The van der Waals surface area contributed by atoms with E-state index in [1.54, 1.807) is 32.9 Å². The zero-order valence-corrected chi connectivity index (χ0v) is 20.2. The molecule has 1 aliphatic heterocycles. The molecule has 1 unspecified atom stereocenters. The first-order valence-electron chi connectivity index (χ1n) is 10.1. The Labute approximate surface area is 203 Å². The summed E-state index contributed by atoms with van der Waals surface area (Å²) in [4.78, 5) is 53.7. The minimum Gasteiger partial charge on any atom is -0.503 e. The molecule has 3 aromatic rings. The van der Waals surface area contributed by atoms with Gasteiger partial charge in [-0.2, -0.15) is 0 Å². The van der Waals surface area contributed by atoms with Gasteiger partial charge >= 0.3 is 5.97 Å². The maximum Gasteiger partial charge on any atom is 0.350 e. The molecule has 0 saturated heterocycles. The van der Waals surface area contributed by atoms with Crippen LogP contribution in [-0.4, -0.2) is 44.3 Å². The summed E-state index contributed by atoms with van der Waals surface area (Å²) in [6.07, 6.45) is 4.51. The molecule has 0 radical (unpaired) electrons. The number of Topliss-reactive ketones (excluding diaryl/α,β-unsaturated/α-hetero) is 1. The van der Waals surface area contributed by atoms with E-state index in [1.165, 1.54) is 34.7 Å². The average Bonchev–Trinajstić information content (AvgIpc) is 3.45. The fourth-order valence-electron chi connectivity index (χ4n) is 3.63. The Morgan fingerprint density at radius 3 is 2.44 bits per heavy atom. The Morgan fingerprint density at radius 1 is 1.15 bits per heavy atom. The predicted octanol–water partition coefficient (Wildman–Crippen LogP) is 4.05. The highest BCUT2D eigenvalue weighted by Crippen LogP contribution is 2.44. The van der Waals surface area contributed by atoms with E-state index in [9.17, 15) is 19.5 Å². The van der Waals surface area contributed by atoms with Gasteiger partial charge in [-0.25, -0.2) is 14.8 Å². The molecule has 0 aromatic carbocycles. The summed E-state index contributed by atoms with van der Waals surface area (Å²) >= 11 is 2.14. The molecule has 4 rings (SSSR count). The number of esters is 1. The van der Waals surface area contributed by atoms with Gasteiger partial charge < -0.3 is 9.84 Å². The zero-order valence-electron chi connectivity index (χ0n) is 18.6. The maximum absolute atomic E-state index is 13.6. The highest BCUT2D eigenvalue weighted by molar-refractivity contribution is 7.17. The Kier molecular flexibility index (Phi) is 6.40. The largest absolute Gasteiger partial charge is 0.503 e. The molecular formula is C23H20N4O5S2. The number of ketones is 1. The molecule has 1 amide bonds. The first-order chi connectivity index (χ1) is 16.2. The van der Waals surface area contributed by atoms with E-state index in [1.807, 2.05) is 0 Å². The predicted molar refractivity (Wildman–Crippen MR) is 127 cm³/mol. The number of aliphatic hydroxyl groups excluding tert-OH is 1. The number of pyridine rings is 1. The van der Waals surface area contributed by atoms with Crippen molar-refractivity contribution in [2.24, 2.45) is 0 Å². The zero-order chi connectivity index (χ0) is 24.6. The van der Waals surface area contributed by atoms with E-state index in [4.69, 9.17) is 4.74 Å². The Bertz CT molecular complexity index is 1340. The Morgan fingerprint density at radius 2 is 1.82 bits per heavy atom. The molecular weight excluding hydrogens is 476 g/mol. The Balaban J connectivity index is 1.82. The van der Waals surface area contributed by atoms with Crippen LogP contribution in [0.4, 0.5) is 5.13 Å². The van der Waals surface area contributed by atoms with E-state index in [-0.39, 0.29) is 22.2 Å². The van der Waals surface area contributed by atoms with Gasteiger partial charge in [-0.05, 0) is 38.5 Å². The molecule has 4 heterocycles. The van der Waals surface area contributed by atoms with Crippen molar-refractivity contribution in [2.75, 3.05) is 11.5 Å². The molecule has 11 heteroatoms. The van der Waals surface area contributed by atoms with Gasteiger partial charge in [0.15, 0.2) is 10.9 Å². The number of aromatic nitrogens is 3. The van der Waals surface area contributed by atoms with Crippen molar-refractivity contribution in [1.29, 1.82) is 0 Å². The van der Waals surface area contributed by atoms with Crippen molar-refractivity contribution >= 4 is 45.5 Å². The summed E-state index contributed by atoms with van der Waals surface area (Å²) in [5.74, 6) is -2.54. The maximum atomic E-state index is 13.6. The second kappa shape index (κ2) is 9.27. The van der Waals surface area contributed by atoms with Gasteiger partial charge in [0.1, 0.15) is 11.5 Å². The molecule has 34 heavy (non-hydrogen) atoms. The van der Waals surface area contributed by atoms with Crippen LogP contribution >= 0.6 is 22.7 Å². The van der Waals surface area contributed by atoms with E-state index < -0.39 is 29.5 Å². The van der Waals surface area contributed by atoms with Gasteiger partial charge in [0.25, 0.3) is 5.91 Å². The number of hydrogen-bond acceptors (Lipinski definition) is 10. The summed E-state index contributed by atoms with van der Waals surface area (Å²) in [5.41, 5.74) is 1.36. The molecule has 0 bridgehead atoms. The third-order valence-electron chi connectivity index (χ3n) is 5.09. The van der Waals surface area contributed by atoms with Crippen molar-refractivity contribution in [3.8, 4) is 0 Å². The number of aliphatic hydroxyl groups is 1. The number of carbonyl (C=O) groups is 3. The number of carbonyl (C=O) groups excluding carboxylic acids is 3. The van der Waals surface area contributed by atoms with Crippen LogP contribution < -0.4 is 4.90 Å². The molecule has 174 valence electrons. The molecule has 0 fully saturated rings. The molecule has 1 aliphatic rings. The smallest absolute Gasteiger partial charge is 0.350 e. The van der Waals surface area contributed by atoms with Crippen LogP contribution in [0.2, 0.25) is 0 Å². The lowest BCUT2D eigenvalue weighted by Crippen LogP contribution is -2.31. The Hall–Kier alpha value is -3.70. The third-order valence-corrected chi connectivity index (χ3v) is 7.30. The van der Waals surface area contributed by atoms with Crippen LogP contribution in [0, 0.1) is 20.8 Å². The van der Waals surface area contributed by atoms with E-state index in [0.717, 1.165) is 11.3 Å². The van der Waals surface area contributed by atoms with Crippen LogP contribution in [0.3, 0.4) is 0 Å². The minimum absolute atomic E-state index is 0.0302. The van der Waals surface area contributed by atoms with Crippen LogP contribution in [-0.2, 0) is 9.53 Å². The number of nitrogens with zero attached hydrogens (tertiary/aromatic N) is 4. The van der Waals surface area contributed by atoms with Gasteiger partial charge in [0.2, 0.25) is 5.78 Å². The summed E-state index contributed by atoms with van der Waals surface area (Å²) in [6, 6.07) is 2.34.